The van der Waals surface area contributed by atoms with Crippen molar-refractivity contribution in [2.75, 3.05) is 19.6 Å². The van der Waals surface area contributed by atoms with Crippen LogP contribution in [0, 0.1) is 6.92 Å². The highest BCUT2D eigenvalue weighted by Gasteiger charge is 2.38. The molecule has 1 aromatic carbocycles. The van der Waals surface area contributed by atoms with Gasteiger partial charge in [0.2, 0.25) is 5.91 Å². The molecule has 2 aliphatic rings. The Bertz CT molecular complexity index is 894. The second kappa shape index (κ2) is 6.45. The Morgan fingerprint density at radius 2 is 1.92 bits per heavy atom. The summed E-state index contributed by atoms with van der Waals surface area (Å²) in [6.07, 6.45) is 0.587. The fourth-order valence-corrected chi connectivity index (χ4v) is 3.33. The van der Waals surface area contributed by atoms with Crippen LogP contribution in [0.3, 0.4) is 0 Å². The third-order valence-corrected chi connectivity index (χ3v) is 5.00. The number of rotatable bonds is 4. The number of aromatic amines is 1. The van der Waals surface area contributed by atoms with Crippen molar-refractivity contribution < 1.29 is 9.59 Å². The molecule has 8 nitrogen and oxygen atoms in total. The van der Waals surface area contributed by atoms with Crippen LogP contribution in [0.4, 0.5) is 0 Å². The van der Waals surface area contributed by atoms with Crippen LogP contribution in [-0.4, -0.2) is 58.2 Å². The first-order valence-electron chi connectivity index (χ1n) is 8.74. The Morgan fingerprint density at radius 3 is 2.58 bits per heavy atom. The molecule has 136 valence electrons. The monoisotopic (exact) mass is 355 g/mol. The minimum Gasteiger partial charge on any atom is -0.339 e. The predicted molar refractivity (Wildman–Crippen MR) is 95.4 cm³/mol. The molecule has 1 atom stereocenters. The summed E-state index contributed by atoms with van der Waals surface area (Å²) in [6, 6.07) is 8.34. The molecule has 1 unspecified atom stereocenters. The molecule has 26 heavy (non-hydrogen) atoms. The summed E-state index contributed by atoms with van der Waals surface area (Å²) in [7, 11) is 0. The Hall–Kier alpha value is -2.87. The molecule has 3 heterocycles. The highest BCUT2D eigenvalue weighted by Crippen LogP contribution is 2.17. The van der Waals surface area contributed by atoms with Crippen LogP contribution in [0.5, 0.6) is 0 Å². The van der Waals surface area contributed by atoms with E-state index < -0.39 is 11.9 Å². The maximum Gasteiger partial charge on any atom is 0.271 e. The van der Waals surface area contributed by atoms with Crippen molar-refractivity contribution in [3.05, 3.63) is 51.9 Å². The number of benzene rings is 1. The molecule has 4 rings (SSSR count). The molecule has 2 aliphatic heterocycles. The summed E-state index contributed by atoms with van der Waals surface area (Å²) in [5.74, 6) is -0.495. The van der Waals surface area contributed by atoms with Gasteiger partial charge in [-0.05, 0) is 25.5 Å². The van der Waals surface area contributed by atoms with E-state index in [0.29, 0.717) is 18.7 Å². The number of hydrogen-bond donors (Lipinski definition) is 3. The first-order valence-corrected chi connectivity index (χ1v) is 8.74. The lowest BCUT2D eigenvalue weighted by Crippen LogP contribution is -2.58. The first kappa shape index (κ1) is 16.6. The summed E-state index contributed by atoms with van der Waals surface area (Å²) in [4.78, 5) is 38.9. The summed E-state index contributed by atoms with van der Waals surface area (Å²) in [5, 5.41) is 8.71. The number of aryl methyl sites for hydroxylation is 1. The number of amides is 2. The quantitative estimate of drug-likeness (QED) is 0.706. The van der Waals surface area contributed by atoms with Crippen LogP contribution in [0.2, 0.25) is 0 Å². The van der Waals surface area contributed by atoms with Crippen LogP contribution in [0.1, 0.15) is 22.5 Å². The number of carbonyl (C=O) groups is 2. The molecule has 0 aliphatic carbocycles. The van der Waals surface area contributed by atoms with Gasteiger partial charge in [-0.1, -0.05) is 17.7 Å². The summed E-state index contributed by atoms with van der Waals surface area (Å²) >= 11 is 0. The zero-order chi connectivity index (χ0) is 18.3. The molecule has 0 spiro atoms. The Balaban J connectivity index is 1.47. The lowest BCUT2D eigenvalue weighted by Gasteiger charge is -2.35. The van der Waals surface area contributed by atoms with E-state index in [1.807, 2.05) is 24.0 Å². The van der Waals surface area contributed by atoms with E-state index >= 15 is 0 Å². The van der Waals surface area contributed by atoms with Crippen molar-refractivity contribution >= 4 is 11.8 Å². The van der Waals surface area contributed by atoms with Gasteiger partial charge < -0.3 is 15.5 Å². The van der Waals surface area contributed by atoms with Gasteiger partial charge in [0.1, 0.15) is 11.7 Å². The average Bonchev–Trinajstić information content (AvgIpc) is 3.12. The van der Waals surface area contributed by atoms with Gasteiger partial charge in [-0.25, -0.2) is 4.68 Å². The molecule has 2 saturated heterocycles. The summed E-state index contributed by atoms with van der Waals surface area (Å²) < 4.78 is 1.32. The molecule has 0 saturated carbocycles. The number of likely N-dealkylation sites (tertiary alicyclic amines) is 1. The van der Waals surface area contributed by atoms with Crippen molar-refractivity contribution in [2.24, 2.45) is 0 Å². The number of carbonyl (C=O) groups excluding carboxylic acids is 2. The molecule has 3 N–H and O–H groups in total. The minimum atomic E-state index is -0.533. The number of hydrogen-bond acceptors (Lipinski definition) is 4. The van der Waals surface area contributed by atoms with Gasteiger partial charge >= 0.3 is 0 Å². The predicted octanol–water partition coefficient (Wildman–Crippen LogP) is -0.223. The zero-order valence-corrected chi connectivity index (χ0v) is 14.5. The molecule has 0 bridgehead atoms. The zero-order valence-electron chi connectivity index (χ0n) is 14.5. The molecule has 1 aromatic heterocycles. The van der Waals surface area contributed by atoms with E-state index in [-0.39, 0.29) is 23.2 Å². The van der Waals surface area contributed by atoms with Gasteiger partial charge in [-0.3, -0.25) is 19.5 Å². The lowest BCUT2D eigenvalue weighted by molar-refractivity contribution is -0.132. The highest BCUT2D eigenvalue weighted by molar-refractivity contribution is 5.96. The number of H-pyrrole nitrogens is 1. The van der Waals surface area contributed by atoms with Gasteiger partial charge in [0, 0.05) is 25.7 Å². The molecule has 8 heteroatoms. The Labute approximate surface area is 150 Å². The molecule has 0 radical (unpaired) electrons. The molecule has 2 aromatic rings. The molecule has 2 amide bonds. The summed E-state index contributed by atoms with van der Waals surface area (Å²) in [6.45, 7) is 4.22. The van der Waals surface area contributed by atoms with Gasteiger partial charge in [-0.2, -0.15) is 0 Å². The van der Waals surface area contributed by atoms with Crippen LogP contribution in [0.25, 0.3) is 5.69 Å². The van der Waals surface area contributed by atoms with E-state index in [2.05, 4.69) is 15.7 Å². The van der Waals surface area contributed by atoms with Crippen molar-refractivity contribution in [1.29, 1.82) is 0 Å². The van der Waals surface area contributed by atoms with Crippen molar-refractivity contribution in [3.8, 4) is 5.69 Å². The maximum atomic E-state index is 12.5. The number of nitrogens with zero attached hydrogens (tertiary/aromatic N) is 2. The van der Waals surface area contributed by atoms with Crippen LogP contribution in [0.15, 0.2) is 35.1 Å². The van der Waals surface area contributed by atoms with E-state index in [0.717, 1.165) is 18.7 Å². The van der Waals surface area contributed by atoms with Gasteiger partial charge in [0.05, 0.1) is 11.7 Å². The minimum absolute atomic E-state index is 0.0508. The molecular formula is C18H21N5O3. The van der Waals surface area contributed by atoms with E-state index in [1.165, 1.54) is 10.7 Å². The van der Waals surface area contributed by atoms with Gasteiger partial charge in [0.15, 0.2) is 0 Å². The van der Waals surface area contributed by atoms with E-state index in [1.54, 1.807) is 12.1 Å². The highest BCUT2D eigenvalue weighted by atomic mass is 16.2. The number of aromatic nitrogens is 2. The first-order chi connectivity index (χ1) is 12.5. The van der Waals surface area contributed by atoms with E-state index in [9.17, 15) is 14.4 Å². The largest absolute Gasteiger partial charge is 0.339 e. The second-order valence-electron chi connectivity index (χ2n) is 6.84. The second-order valence-corrected chi connectivity index (χ2v) is 6.84. The Morgan fingerprint density at radius 1 is 1.19 bits per heavy atom. The molecule has 2 fully saturated rings. The lowest BCUT2D eigenvalue weighted by atomic mass is 10.1. The standard InChI is InChI=1S/C18H21N5O3/c1-11-2-4-12(5-3-11)23-16(24)8-15(21-23)17(25)20-14-6-7-22(18(14)26)13-9-19-10-13/h2-5,8,13-14,19,21H,6-7,9-10H2,1H3,(H,20,25). The normalized spacial score (nSPS) is 20.3. The maximum absolute atomic E-state index is 12.5. The topological polar surface area (TPSA) is 99.2 Å². The fraction of sp³-hybridized carbons (Fsp3) is 0.389. The third kappa shape index (κ3) is 2.92. The fourth-order valence-electron chi connectivity index (χ4n) is 3.33. The van der Waals surface area contributed by atoms with Crippen LogP contribution >= 0.6 is 0 Å². The smallest absolute Gasteiger partial charge is 0.271 e. The van der Waals surface area contributed by atoms with Gasteiger partial charge in [-0.15, -0.1) is 0 Å². The Kier molecular flexibility index (Phi) is 4.12. The third-order valence-electron chi connectivity index (χ3n) is 5.00. The number of nitrogens with one attached hydrogen (secondary N) is 3. The average molecular weight is 355 g/mol. The van der Waals surface area contributed by atoms with Crippen molar-refractivity contribution in [1.82, 2.24) is 25.3 Å². The van der Waals surface area contributed by atoms with Crippen molar-refractivity contribution in [2.45, 2.75) is 25.4 Å². The van der Waals surface area contributed by atoms with Gasteiger partial charge in [0.25, 0.3) is 11.5 Å². The SMILES string of the molecule is Cc1ccc(-n2[nH]c(C(=O)NC3CCN(C4CNC4)C3=O)cc2=O)cc1. The van der Waals surface area contributed by atoms with E-state index in [4.69, 9.17) is 0 Å². The summed E-state index contributed by atoms with van der Waals surface area (Å²) in [5.41, 5.74) is 1.56. The molecular weight excluding hydrogens is 334 g/mol. The van der Waals surface area contributed by atoms with Crippen LogP contribution in [-0.2, 0) is 4.79 Å². The van der Waals surface area contributed by atoms with Crippen LogP contribution < -0.4 is 16.2 Å². The van der Waals surface area contributed by atoms with Crippen molar-refractivity contribution in [3.63, 3.8) is 0 Å².